The summed E-state index contributed by atoms with van der Waals surface area (Å²) in [6.07, 6.45) is 1.63. The average Bonchev–Trinajstić information content (AvgIpc) is 3.27. The van der Waals surface area contributed by atoms with Crippen molar-refractivity contribution in [1.29, 1.82) is 10.5 Å². The number of halogens is 2. The molecule has 2 aromatic carbocycles. The van der Waals surface area contributed by atoms with Gasteiger partial charge in [-0.15, -0.1) is 0 Å². The topological polar surface area (TPSA) is 110 Å². The first-order valence-electron chi connectivity index (χ1n) is 14.3. The molecule has 8 nitrogen and oxygen atoms in total. The van der Waals surface area contributed by atoms with Crippen molar-refractivity contribution in [2.75, 3.05) is 36.9 Å². The second kappa shape index (κ2) is 11.0. The van der Waals surface area contributed by atoms with Crippen LogP contribution in [0.15, 0.2) is 42.6 Å². The van der Waals surface area contributed by atoms with Crippen LogP contribution in [0, 0.1) is 22.7 Å². The molecule has 1 atom stereocenters. The summed E-state index contributed by atoms with van der Waals surface area (Å²) in [5, 5.41) is 26.2. The molecule has 0 amide bonds. The fourth-order valence-electron chi connectivity index (χ4n) is 5.17. The molecule has 1 aromatic heterocycles. The Morgan fingerprint density at radius 3 is 2.51 bits per heavy atom. The number of nitriles is 2. The van der Waals surface area contributed by atoms with Crippen molar-refractivity contribution in [3.05, 3.63) is 64.8 Å². The van der Waals surface area contributed by atoms with Gasteiger partial charge in [-0.1, -0.05) is 33.8 Å². The summed E-state index contributed by atoms with van der Waals surface area (Å²) in [5.41, 5.74) is 5.22. The van der Waals surface area contributed by atoms with E-state index < -0.39 is 14.2 Å². The van der Waals surface area contributed by atoms with Crippen molar-refractivity contribution in [2.45, 2.75) is 63.7 Å². The Morgan fingerprint density at radius 1 is 1.12 bits per heavy atom. The summed E-state index contributed by atoms with van der Waals surface area (Å²) >= 11 is 0. The van der Waals surface area contributed by atoms with Gasteiger partial charge in [0.05, 0.1) is 41.7 Å². The summed E-state index contributed by atoms with van der Waals surface area (Å²) in [4.78, 5) is 10.8. The molecular weight excluding hydrogens is 564 g/mol. The monoisotopic (exact) mass is 601 g/mol. The van der Waals surface area contributed by atoms with Gasteiger partial charge in [0, 0.05) is 42.6 Å². The van der Waals surface area contributed by atoms with E-state index in [2.05, 4.69) is 74.6 Å². The summed E-state index contributed by atoms with van der Waals surface area (Å²) in [6, 6.07) is 15.3. The van der Waals surface area contributed by atoms with Crippen LogP contribution in [-0.4, -0.2) is 55.3 Å². The predicted molar refractivity (Wildman–Crippen MR) is 166 cm³/mol. The molecule has 3 aromatic rings. The van der Waals surface area contributed by atoms with E-state index in [9.17, 15) is 19.3 Å². The first kappa shape index (κ1) is 30.6. The first-order chi connectivity index (χ1) is 20.1. The average molecular weight is 602 g/mol. The van der Waals surface area contributed by atoms with E-state index in [-0.39, 0.29) is 23.5 Å². The highest BCUT2D eigenvalue weighted by molar-refractivity contribution is 6.74. The molecule has 2 aliphatic heterocycles. The van der Waals surface area contributed by atoms with Crippen LogP contribution in [-0.2, 0) is 16.4 Å². The predicted octanol–water partition coefficient (Wildman–Crippen LogP) is 6.79. The van der Waals surface area contributed by atoms with Crippen LogP contribution < -0.4 is 10.6 Å². The molecule has 1 saturated heterocycles. The van der Waals surface area contributed by atoms with Gasteiger partial charge >= 0.3 is 0 Å². The van der Waals surface area contributed by atoms with Crippen LogP contribution in [0.25, 0.3) is 11.3 Å². The molecule has 2 N–H and O–H groups in total. The van der Waals surface area contributed by atoms with Gasteiger partial charge in [0.25, 0.3) is 5.92 Å². The summed E-state index contributed by atoms with van der Waals surface area (Å²) in [5.74, 6) is -2.37. The maximum Gasteiger partial charge on any atom is 0.272 e. The molecule has 0 radical (unpaired) electrons. The molecule has 224 valence electrons. The van der Waals surface area contributed by atoms with Gasteiger partial charge in [0.15, 0.2) is 8.32 Å². The molecule has 1 fully saturated rings. The molecule has 0 bridgehead atoms. The molecular formula is C32H37F2N7OSi. The van der Waals surface area contributed by atoms with Gasteiger partial charge in [0.1, 0.15) is 6.07 Å². The van der Waals surface area contributed by atoms with E-state index in [4.69, 9.17) is 9.41 Å². The number of benzene rings is 2. The molecule has 5 rings (SSSR count). The molecule has 43 heavy (non-hydrogen) atoms. The number of alkyl halides is 2. The minimum atomic E-state index is -2.67. The highest BCUT2D eigenvalue weighted by atomic mass is 28.4. The minimum absolute atomic E-state index is 0.0786. The zero-order valence-corrected chi connectivity index (χ0v) is 26.5. The highest BCUT2D eigenvalue weighted by Crippen LogP contribution is 2.44. The Hall–Kier alpha value is -3.90. The second-order valence-corrected chi connectivity index (χ2v) is 18.2. The second-order valence-electron chi connectivity index (χ2n) is 13.4. The van der Waals surface area contributed by atoms with Crippen molar-refractivity contribution < 1.29 is 13.2 Å². The Morgan fingerprint density at radius 2 is 1.86 bits per heavy atom. The lowest BCUT2D eigenvalue weighted by atomic mass is 9.83. The fraction of sp³-hybridized carbons (Fsp3) is 0.438. The first-order valence-corrected chi connectivity index (χ1v) is 17.2. The van der Waals surface area contributed by atoms with Crippen molar-refractivity contribution in [1.82, 2.24) is 14.9 Å². The van der Waals surface area contributed by atoms with Gasteiger partial charge in [-0.2, -0.15) is 10.5 Å². The maximum atomic E-state index is 13.4. The van der Waals surface area contributed by atoms with Gasteiger partial charge in [-0.3, -0.25) is 4.90 Å². The van der Waals surface area contributed by atoms with Crippen LogP contribution in [0.1, 0.15) is 49.9 Å². The minimum Gasteiger partial charge on any atom is -0.416 e. The number of nitrogens with zero attached hydrogens (tertiary/aromatic N) is 5. The van der Waals surface area contributed by atoms with Crippen molar-refractivity contribution >= 4 is 25.6 Å². The van der Waals surface area contributed by atoms with E-state index in [0.717, 1.165) is 22.4 Å². The Labute approximate surface area is 252 Å². The summed E-state index contributed by atoms with van der Waals surface area (Å²) in [6.45, 7) is 14.2. The molecule has 11 heteroatoms. The van der Waals surface area contributed by atoms with E-state index >= 15 is 0 Å². The normalized spacial score (nSPS) is 19.5. The van der Waals surface area contributed by atoms with Gasteiger partial charge in [-0.25, -0.2) is 18.7 Å². The number of nitrogens with one attached hydrogen (secondary N) is 2. The summed E-state index contributed by atoms with van der Waals surface area (Å²) in [7, 11) is -1.99. The van der Waals surface area contributed by atoms with Crippen LogP contribution in [0.5, 0.6) is 0 Å². The van der Waals surface area contributed by atoms with Crippen LogP contribution in [0.2, 0.25) is 18.1 Å². The number of hydrogen-bond donors (Lipinski definition) is 2. The van der Waals surface area contributed by atoms with Crippen molar-refractivity contribution in [2.24, 2.45) is 0 Å². The molecule has 0 spiro atoms. The Bertz CT molecular complexity index is 1630. The quantitative estimate of drug-likeness (QED) is 0.272. The number of rotatable bonds is 8. The van der Waals surface area contributed by atoms with Gasteiger partial charge in [-0.05, 0) is 59.6 Å². The molecule has 2 aliphatic rings. The lowest BCUT2D eigenvalue weighted by molar-refractivity contribution is -0.133. The number of hydrogen-bond acceptors (Lipinski definition) is 8. The smallest absolute Gasteiger partial charge is 0.272 e. The Kier molecular flexibility index (Phi) is 7.80. The zero-order valence-electron chi connectivity index (χ0n) is 25.5. The van der Waals surface area contributed by atoms with E-state index in [1.165, 1.54) is 0 Å². The van der Waals surface area contributed by atoms with E-state index in [1.807, 2.05) is 6.07 Å². The fourth-order valence-corrected chi connectivity index (χ4v) is 6.28. The van der Waals surface area contributed by atoms with Crippen LogP contribution >= 0.6 is 0 Å². The van der Waals surface area contributed by atoms with Crippen LogP contribution in [0.4, 0.5) is 26.1 Å². The molecule has 0 aliphatic carbocycles. The van der Waals surface area contributed by atoms with Gasteiger partial charge in [0.2, 0.25) is 5.95 Å². The summed E-state index contributed by atoms with van der Waals surface area (Å²) < 4.78 is 33.5. The van der Waals surface area contributed by atoms with Crippen molar-refractivity contribution in [3.8, 4) is 23.4 Å². The van der Waals surface area contributed by atoms with Crippen molar-refractivity contribution in [3.63, 3.8) is 0 Å². The van der Waals surface area contributed by atoms with E-state index in [0.29, 0.717) is 48.2 Å². The largest absolute Gasteiger partial charge is 0.416 e. The third-order valence-corrected chi connectivity index (χ3v) is 13.3. The Balaban J connectivity index is 1.44. The number of aromatic nitrogens is 2. The molecule has 0 saturated carbocycles. The third-order valence-electron chi connectivity index (χ3n) is 8.86. The standard InChI is InChI=1S/C32H37F2N7OSi/c1-30(2,3)43(5,6)42-20-31(4)17-38-28-24(15-36)12-23(13-25(28)31)26-9-10-37-29(39-26)40-27-11-21(14-35)7-8-22(27)16-41-18-32(33,34)19-41/h7-13,38H,16-20H2,1-6H3,(H,37,39,40)/t31-/m1/s1. The zero-order chi connectivity index (χ0) is 31.2. The van der Waals surface area contributed by atoms with E-state index in [1.54, 1.807) is 35.4 Å². The number of anilines is 3. The van der Waals surface area contributed by atoms with Gasteiger partial charge < -0.3 is 15.1 Å². The highest BCUT2D eigenvalue weighted by Gasteiger charge is 2.44. The molecule has 0 unspecified atom stereocenters. The number of likely N-dealkylation sites (tertiary alicyclic amines) is 1. The number of fused-ring (bicyclic) bond motifs is 1. The molecule has 3 heterocycles. The SMILES string of the molecule is CC(C)(C)[Si](C)(C)OC[C@@]1(C)CNc2c(C#N)cc(-c3ccnc(Nc4cc(C#N)ccc4CN4CC(F)(F)C4)n3)cc21. The lowest BCUT2D eigenvalue weighted by Crippen LogP contribution is -2.55. The lowest BCUT2D eigenvalue weighted by Gasteiger charge is -2.39. The maximum absolute atomic E-state index is 13.4. The third kappa shape index (κ3) is 6.25. The van der Waals surface area contributed by atoms with Crippen LogP contribution in [0.3, 0.4) is 0 Å².